The number of morpholine rings is 2. The number of thioether (sulfide) groups is 1. The van der Waals surface area contributed by atoms with E-state index in [9.17, 15) is 10.1 Å². The number of hydrogen-bond donors (Lipinski definition) is 0. The number of ether oxygens (including phenoxy) is 2. The summed E-state index contributed by atoms with van der Waals surface area (Å²) in [5.74, 6) is 0. The maximum Gasteiger partial charge on any atom is 0.275 e. The summed E-state index contributed by atoms with van der Waals surface area (Å²) in [4.78, 5) is 16.6. The summed E-state index contributed by atoms with van der Waals surface area (Å²) in [6.45, 7) is 9.83. The Balaban J connectivity index is 1.93. The van der Waals surface area contributed by atoms with Crippen LogP contribution in [-0.4, -0.2) is 78.2 Å². The average molecular weight is 329 g/mol. The standard InChI is InChI=1S/C14H23N3O4S/c1-11-12(17(18)19)13(15-3-7-20-8-4-15)14(2,22-11)16-5-9-21-10-6-16/h13H,3-10H2,1-2H3/t13-,14-/m0/s1. The van der Waals surface area contributed by atoms with E-state index in [1.54, 1.807) is 11.8 Å². The van der Waals surface area contributed by atoms with Gasteiger partial charge in [0, 0.05) is 26.2 Å². The van der Waals surface area contributed by atoms with Crippen LogP contribution in [0.15, 0.2) is 10.6 Å². The lowest BCUT2D eigenvalue weighted by Crippen LogP contribution is -2.62. The maximum atomic E-state index is 11.7. The van der Waals surface area contributed by atoms with Gasteiger partial charge in [0.15, 0.2) is 0 Å². The van der Waals surface area contributed by atoms with E-state index in [0.717, 1.165) is 31.1 Å². The van der Waals surface area contributed by atoms with Crippen molar-refractivity contribution in [1.29, 1.82) is 0 Å². The second kappa shape index (κ2) is 6.45. The summed E-state index contributed by atoms with van der Waals surface area (Å²) in [6, 6.07) is -0.200. The van der Waals surface area contributed by atoms with Crippen molar-refractivity contribution >= 4 is 11.8 Å². The van der Waals surface area contributed by atoms with Gasteiger partial charge in [-0.15, -0.1) is 0 Å². The molecule has 2 saturated heterocycles. The number of allylic oxidation sites excluding steroid dienone is 1. The van der Waals surface area contributed by atoms with Crippen LogP contribution in [0, 0.1) is 10.1 Å². The highest BCUT2D eigenvalue weighted by atomic mass is 32.2. The van der Waals surface area contributed by atoms with E-state index in [1.165, 1.54) is 0 Å². The molecule has 0 radical (unpaired) electrons. The molecule has 0 amide bonds. The van der Waals surface area contributed by atoms with Gasteiger partial charge >= 0.3 is 0 Å². The van der Waals surface area contributed by atoms with E-state index in [1.807, 2.05) is 6.92 Å². The predicted octanol–water partition coefficient (Wildman–Crippen LogP) is 0.991. The molecule has 0 aromatic carbocycles. The van der Waals surface area contributed by atoms with Crippen molar-refractivity contribution < 1.29 is 14.4 Å². The average Bonchev–Trinajstić information content (AvgIpc) is 2.81. The lowest BCUT2D eigenvalue weighted by atomic mass is 10.0. The molecule has 2 atom stereocenters. The molecule has 3 aliphatic heterocycles. The molecule has 3 rings (SSSR count). The molecule has 7 nitrogen and oxygen atoms in total. The smallest absolute Gasteiger partial charge is 0.275 e. The molecule has 8 heteroatoms. The van der Waals surface area contributed by atoms with Crippen molar-refractivity contribution in [3.05, 3.63) is 20.7 Å². The SMILES string of the molecule is CC1=C([N+](=O)[O-])[C@H](N2CCOCC2)[C@@](C)(N2CCOCC2)S1. The zero-order chi connectivity index (χ0) is 15.7. The first-order valence-electron chi connectivity index (χ1n) is 7.73. The van der Waals surface area contributed by atoms with Crippen LogP contribution >= 0.6 is 11.8 Å². The Morgan fingerprint density at radius 2 is 1.73 bits per heavy atom. The van der Waals surface area contributed by atoms with Crippen molar-refractivity contribution in [2.24, 2.45) is 0 Å². The van der Waals surface area contributed by atoms with Crippen LogP contribution in [0.3, 0.4) is 0 Å². The monoisotopic (exact) mass is 329 g/mol. The first kappa shape index (κ1) is 16.2. The van der Waals surface area contributed by atoms with Gasteiger partial charge in [-0.3, -0.25) is 19.9 Å². The lowest BCUT2D eigenvalue weighted by molar-refractivity contribution is -0.435. The zero-order valence-corrected chi connectivity index (χ0v) is 13.9. The van der Waals surface area contributed by atoms with Crippen LogP contribution in [0.1, 0.15) is 13.8 Å². The minimum atomic E-state index is -0.312. The molecule has 0 spiro atoms. The molecule has 3 heterocycles. The highest BCUT2D eigenvalue weighted by Crippen LogP contribution is 2.50. The number of hydrogen-bond acceptors (Lipinski definition) is 7. The van der Waals surface area contributed by atoms with Crippen LogP contribution in [-0.2, 0) is 9.47 Å². The molecule has 0 aromatic rings. The van der Waals surface area contributed by atoms with Gasteiger partial charge in [-0.25, -0.2) is 0 Å². The Kier molecular flexibility index (Phi) is 4.75. The number of nitrogens with zero attached hydrogens (tertiary/aromatic N) is 3. The van der Waals surface area contributed by atoms with Crippen LogP contribution in [0.5, 0.6) is 0 Å². The molecule has 0 N–H and O–H groups in total. The third kappa shape index (κ3) is 2.78. The van der Waals surface area contributed by atoms with Crippen molar-refractivity contribution in [1.82, 2.24) is 9.80 Å². The van der Waals surface area contributed by atoms with Gasteiger partial charge in [-0.1, -0.05) is 11.8 Å². The van der Waals surface area contributed by atoms with Crippen LogP contribution in [0.25, 0.3) is 0 Å². The fraction of sp³-hybridized carbons (Fsp3) is 0.857. The third-order valence-corrected chi connectivity index (χ3v) is 6.14. The zero-order valence-electron chi connectivity index (χ0n) is 13.1. The molecule has 3 aliphatic rings. The van der Waals surface area contributed by atoms with Crippen molar-refractivity contribution in [3.8, 4) is 0 Å². The van der Waals surface area contributed by atoms with Gasteiger partial charge in [0.25, 0.3) is 5.70 Å². The molecule has 124 valence electrons. The third-order valence-electron chi connectivity index (χ3n) is 4.73. The Bertz CT molecular complexity index is 475. The molecular weight excluding hydrogens is 306 g/mol. The topological polar surface area (TPSA) is 68.1 Å². The summed E-state index contributed by atoms with van der Waals surface area (Å²) in [7, 11) is 0. The fourth-order valence-corrected chi connectivity index (χ4v) is 5.28. The summed E-state index contributed by atoms with van der Waals surface area (Å²) in [5.41, 5.74) is 0.362. The van der Waals surface area contributed by atoms with Gasteiger partial charge in [0.1, 0.15) is 6.04 Å². The summed E-state index contributed by atoms with van der Waals surface area (Å²) in [5, 5.41) is 11.7. The Morgan fingerprint density at radius 1 is 1.18 bits per heavy atom. The van der Waals surface area contributed by atoms with Crippen molar-refractivity contribution in [2.45, 2.75) is 24.8 Å². The maximum absolute atomic E-state index is 11.7. The number of nitro groups is 1. The van der Waals surface area contributed by atoms with Crippen LogP contribution in [0.2, 0.25) is 0 Å². The largest absolute Gasteiger partial charge is 0.379 e. The van der Waals surface area contributed by atoms with Gasteiger partial charge < -0.3 is 9.47 Å². The van der Waals surface area contributed by atoms with E-state index in [0.29, 0.717) is 32.1 Å². The number of rotatable bonds is 3. The van der Waals surface area contributed by atoms with Gasteiger partial charge in [-0.05, 0) is 13.8 Å². The molecule has 0 saturated carbocycles. The fourth-order valence-electron chi connectivity index (χ4n) is 3.68. The molecule has 2 fully saturated rings. The highest BCUT2D eigenvalue weighted by molar-refractivity contribution is 8.04. The van der Waals surface area contributed by atoms with E-state index >= 15 is 0 Å². The molecule has 0 unspecified atom stereocenters. The van der Waals surface area contributed by atoms with Crippen LogP contribution in [0.4, 0.5) is 0 Å². The second-order valence-electron chi connectivity index (χ2n) is 6.01. The van der Waals surface area contributed by atoms with Crippen molar-refractivity contribution in [3.63, 3.8) is 0 Å². The molecular formula is C14H23N3O4S. The van der Waals surface area contributed by atoms with E-state index in [-0.39, 0.29) is 15.8 Å². The predicted molar refractivity (Wildman–Crippen MR) is 84.3 cm³/mol. The summed E-state index contributed by atoms with van der Waals surface area (Å²) in [6.07, 6.45) is 0. The molecule has 0 aliphatic carbocycles. The van der Waals surface area contributed by atoms with Crippen molar-refractivity contribution in [2.75, 3.05) is 52.6 Å². The lowest BCUT2D eigenvalue weighted by Gasteiger charge is -2.47. The van der Waals surface area contributed by atoms with Gasteiger partial charge in [0.2, 0.25) is 0 Å². The van der Waals surface area contributed by atoms with Gasteiger partial charge in [0.05, 0.1) is 41.1 Å². The van der Waals surface area contributed by atoms with Crippen LogP contribution < -0.4 is 0 Å². The summed E-state index contributed by atoms with van der Waals surface area (Å²) < 4.78 is 10.9. The minimum Gasteiger partial charge on any atom is -0.379 e. The molecule has 0 bridgehead atoms. The first-order valence-corrected chi connectivity index (χ1v) is 8.54. The molecule has 22 heavy (non-hydrogen) atoms. The second-order valence-corrected chi connectivity index (χ2v) is 7.65. The summed E-state index contributed by atoms with van der Waals surface area (Å²) >= 11 is 1.64. The Hall–Kier alpha value is -0.670. The van der Waals surface area contributed by atoms with E-state index < -0.39 is 0 Å². The van der Waals surface area contributed by atoms with E-state index in [2.05, 4.69) is 16.7 Å². The normalized spacial score (nSPS) is 35.1. The minimum absolute atomic E-state index is 0.186. The highest BCUT2D eigenvalue weighted by Gasteiger charge is 2.56. The Morgan fingerprint density at radius 3 is 2.27 bits per heavy atom. The molecule has 0 aromatic heterocycles. The van der Waals surface area contributed by atoms with E-state index in [4.69, 9.17) is 9.47 Å². The quantitative estimate of drug-likeness (QED) is 0.565. The first-order chi connectivity index (χ1) is 10.5. The Labute approximate surface area is 134 Å². The van der Waals surface area contributed by atoms with Gasteiger partial charge in [-0.2, -0.15) is 0 Å².